The minimum atomic E-state index is -0.193. The summed E-state index contributed by atoms with van der Waals surface area (Å²) in [7, 11) is 1.65. The highest BCUT2D eigenvalue weighted by atomic mass is 35.5. The number of aromatic nitrogens is 2. The zero-order valence-corrected chi connectivity index (χ0v) is 21.0. The summed E-state index contributed by atoms with van der Waals surface area (Å²) in [6, 6.07) is 20.8. The van der Waals surface area contributed by atoms with Crippen LogP contribution in [-0.2, 0) is 13.2 Å². The Hall–Kier alpha value is -3.77. The van der Waals surface area contributed by atoms with Gasteiger partial charge in [-0.25, -0.2) is 0 Å². The van der Waals surface area contributed by atoms with Crippen LogP contribution < -0.4 is 14.8 Å². The van der Waals surface area contributed by atoms with Gasteiger partial charge in [0.1, 0.15) is 18.1 Å². The minimum Gasteiger partial charge on any atom is -0.497 e. The van der Waals surface area contributed by atoms with Crippen LogP contribution in [0.2, 0.25) is 5.02 Å². The summed E-state index contributed by atoms with van der Waals surface area (Å²) in [6.45, 7) is 6.72. The highest BCUT2D eigenvalue weighted by Gasteiger charge is 2.16. The van der Waals surface area contributed by atoms with Gasteiger partial charge in [-0.05, 0) is 79.9 Å². The molecule has 4 aromatic rings. The molecule has 0 bridgehead atoms. The minimum absolute atomic E-state index is 0.193. The topological polar surface area (TPSA) is 65.4 Å². The van der Waals surface area contributed by atoms with Crippen molar-refractivity contribution in [3.63, 3.8) is 0 Å². The predicted octanol–water partition coefficient (Wildman–Crippen LogP) is 6.35. The molecule has 1 aromatic heterocycles. The number of nitrogens with zero attached hydrogens (tertiary/aromatic N) is 2. The van der Waals surface area contributed by atoms with E-state index >= 15 is 0 Å². The number of halogens is 1. The fourth-order valence-electron chi connectivity index (χ4n) is 3.90. The molecule has 1 amide bonds. The Morgan fingerprint density at radius 3 is 2.54 bits per heavy atom. The standard InChI is InChI=1S/C28H28ClN3O3/c1-18-13-24(29)11-12-26(18)35-17-22-8-5-9-23(14-22)28(33)30-27-19(2)31-32(20(27)3)16-21-7-6-10-25(15-21)34-4/h5-15H,16-17H2,1-4H3,(H,30,33). The predicted molar refractivity (Wildman–Crippen MR) is 139 cm³/mol. The molecule has 7 heteroatoms. The van der Waals surface area contributed by atoms with Crippen LogP contribution in [-0.4, -0.2) is 22.8 Å². The van der Waals surface area contributed by atoms with E-state index in [-0.39, 0.29) is 5.91 Å². The Kier molecular flexibility index (Phi) is 7.42. The number of aryl methyl sites for hydroxylation is 2. The van der Waals surface area contributed by atoms with Crippen molar-refractivity contribution < 1.29 is 14.3 Å². The third-order valence-corrected chi connectivity index (χ3v) is 6.04. The highest BCUT2D eigenvalue weighted by Crippen LogP contribution is 2.24. The lowest BCUT2D eigenvalue weighted by Gasteiger charge is -2.11. The molecule has 0 saturated carbocycles. The second-order valence-electron chi connectivity index (χ2n) is 8.41. The molecule has 0 saturated heterocycles. The summed E-state index contributed by atoms with van der Waals surface area (Å²) in [5.74, 6) is 1.37. The summed E-state index contributed by atoms with van der Waals surface area (Å²) >= 11 is 6.02. The number of methoxy groups -OCH3 is 1. The maximum Gasteiger partial charge on any atom is 0.255 e. The van der Waals surface area contributed by atoms with Crippen LogP contribution in [0, 0.1) is 20.8 Å². The number of carbonyl (C=O) groups excluding carboxylic acids is 1. The smallest absolute Gasteiger partial charge is 0.255 e. The zero-order chi connectivity index (χ0) is 24.9. The number of carbonyl (C=O) groups is 1. The molecule has 35 heavy (non-hydrogen) atoms. The van der Waals surface area contributed by atoms with Crippen molar-refractivity contribution in [1.82, 2.24) is 9.78 Å². The molecule has 0 unspecified atom stereocenters. The molecular weight excluding hydrogens is 462 g/mol. The number of nitrogens with one attached hydrogen (secondary N) is 1. The molecule has 180 valence electrons. The van der Waals surface area contributed by atoms with Gasteiger partial charge in [0.15, 0.2) is 0 Å². The lowest BCUT2D eigenvalue weighted by molar-refractivity contribution is 0.102. The molecule has 0 aliphatic heterocycles. The molecule has 4 rings (SSSR count). The molecule has 3 aromatic carbocycles. The van der Waals surface area contributed by atoms with Gasteiger partial charge in [0, 0.05) is 10.6 Å². The number of ether oxygens (including phenoxy) is 2. The van der Waals surface area contributed by atoms with Gasteiger partial charge in [0.05, 0.1) is 30.7 Å². The molecule has 6 nitrogen and oxygen atoms in total. The van der Waals surface area contributed by atoms with E-state index in [2.05, 4.69) is 10.4 Å². The van der Waals surface area contributed by atoms with Gasteiger partial charge < -0.3 is 14.8 Å². The number of hydrogen-bond donors (Lipinski definition) is 1. The lowest BCUT2D eigenvalue weighted by Crippen LogP contribution is -2.14. The van der Waals surface area contributed by atoms with Gasteiger partial charge in [-0.1, -0.05) is 35.9 Å². The van der Waals surface area contributed by atoms with E-state index in [0.717, 1.165) is 45.3 Å². The number of benzene rings is 3. The van der Waals surface area contributed by atoms with E-state index < -0.39 is 0 Å². The largest absolute Gasteiger partial charge is 0.497 e. The van der Waals surface area contributed by atoms with E-state index in [9.17, 15) is 4.79 Å². The summed E-state index contributed by atoms with van der Waals surface area (Å²) < 4.78 is 13.1. The number of amides is 1. The molecule has 0 radical (unpaired) electrons. The Labute approximate surface area is 210 Å². The Morgan fingerprint density at radius 2 is 1.77 bits per heavy atom. The molecule has 1 heterocycles. The van der Waals surface area contributed by atoms with E-state index in [1.807, 2.05) is 80.1 Å². The Morgan fingerprint density at radius 1 is 1.00 bits per heavy atom. The van der Waals surface area contributed by atoms with Crippen molar-refractivity contribution in [2.24, 2.45) is 0 Å². The van der Waals surface area contributed by atoms with E-state index in [1.54, 1.807) is 19.2 Å². The van der Waals surface area contributed by atoms with Gasteiger partial charge >= 0.3 is 0 Å². The molecule has 0 fully saturated rings. The second kappa shape index (κ2) is 10.7. The van der Waals surface area contributed by atoms with Crippen molar-refractivity contribution in [3.8, 4) is 11.5 Å². The third kappa shape index (κ3) is 5.84. The van der Waals surface area contributed by atoms with Crippen molar-refractivity contribution in [2.45, 2.75) is 33.9 Å². The van der Waals surface area contributed by atoms with Crippen LogP contribution >= 0.6 is 11.6 Å². The van der Waals surface area contributed by atoms with Crippen LogP contribution in [0.15, 0.2) is 66.7 Å². The van der Waals surface area contributed by atoms with Crippen molar-refractivity contribution in [1.29, 1.82) is 0 Å². The Bertz CT molecular complexity index is 1360. The summed E-state index contributed by atoms with van der Waals surface area (Å²) in [6.07, 6.45) is 0. The van der Waals surface area contributed by atoms with Crippen LogP contribution in [0.3, 0.4) is 0 Å². The molecule has 0 aliphatic rings. The van der Waals surface area contributed by atoms with Gasteiger partial charge in [-0.15, -0.1) is 0 Å². The summed E-state index contributed by atoms with van der Waals surface area (Å²) in [5.41, 5.74) is 5.84. The monoisotopic (exact) mass is 489 g/mol. The van der Waals surface area contributed by atoms with Crippen molar-refractivity contribution in [3.05, 3.63) is 105 Å². The highest BCUT2D eigenvalue weighted by molar-refractivity contribution is 6.30. The second-order valence-corrected chi connectivity index (χ2v) is 8.84. The molecule has 0 atom stereocenters. The maximum absolute atomic E-state index is 13.1. The van der Waals surface area contributed by atoms with Gasteiger partial charge in [0.2, 0.25) is 0 Å². The van der Waals surface area contributed by atoms with E-state index in [4.69, 9.17) is 21.1 Å². The lowest BCUT2D eigenvalue weighted by atomic mass is 10.1. The molecule has 0 aliphatic carbocycles. The molecule has 0 spiro atoms. The average molecular weight is 490 g/mol. The molecular formula is C28H28ClN3O3. The van der Waals surface area contributed by atoms with Crippen LogP contribution in [0.1, 0.15) is 38.4 Å². The van der Waals surface area contributed by atoms with E-state index in [1.165, 1.54) is 0 Å². The number of anilines is 1. The summed E-state index contributed by atoms with van der Waals surface area (Å²) in [4.78, 5) is 13.1. The summed E-state index contributed by atoms with van der Waals surface area (Å²) in [5, 5.41) is 8.34. The third-order valence-electron chi connectivity index (χ3n) is 5.81. The fourth-order valence-corrected chi connectivity index (χ4v) is 4.13. The first kappa shape index (κ1) is 24.4. The van der Waals surface area contributed by atoms with Gasteiger partial charge in [-0.2, -0.15) is 5.10 Å². The quantitative estimate of drug-likeness (QED) is 0.313. The van der Waals surface area contributed by atoms with Crippen LogP contribution in [0.5, 0.6) is 11.5 Å². The van der Waals surface area contributed by atoms with Crippen molar-refractivity contribution >= 4 is 23.2 Å². The fraction of sp³-hybridized carbons (Fsp3) is 0.214. The van der Waals surface area contributed by atoms with Crippen molar-refractivity contribution in [2.75, 3.05) is 12.4 Å². The first-order valence-electron chi connectivity index (χ1n) is 11.3. The van der Waals surface area contributed by atoms with Crippen LogP contribution in [0.25, 0.3) is 0 Å². The SMILES string of the molecule is COc1cccc(Cn2nc(C)c(NC(=O)c3cccc(COc4ccc(Cl)cc4C)c3)c2C)c1. The van der Waals surface area contributed by atoms with Crippen LogP contribution in [0.4, 0.5) is 5.69 Å². The van der Waals surface area contributed by atoms with Gasteiger partial charge in [0.25, 0.3) is 5.91 Å². The first-order valence-corrected chi connectivity index (χ1v) is 11.7. The number of rotatable bonds is 8. The maximum atomic E-state index is 13.1. The van der Waals surface area contributed by atoms with E-state index in [0.29, 0.717) is 23.7 Å². The molecule has 1 N–H and O–H groups in total. The number of hydrogen-bond acceptors (Lipinski definition) is 4. The average Bonchev–Trinajstić information content (AvgIpc) is 3.11. The Balaban J connectivity index is 1.46. The van der Waals surface area contributed by atoms with Gasteiger partial charge in [-0.3, -0.25) is 9.48 Å². The first-order chi connectivity index (χ1) is 16.8. The normalized spacial score (nSPS) is 10.8. The zero-order valence-electron chi connectivity index (χ0n) is 20.3.